The summed E-state index contributed by atoms with van der Waals surface area (Å²) in [6, 6.07) is 15.4. The Morgan fingerprint density at radius 2 is 1.18 bits per heavy atom. The van der Waals surface area contributed by atoms with Crippen molar-refractivity contribution in [1.82, 2.24) is 4.90 Å². The fraction of sp³-hybridized carbons (Fsp3) is 0.250. The maximum Gasteiger partial charge on any atom is 0.338 e. The Labute approximate surface area is 258 Å². The molecule has 0 saturated carbocycles. The average Bonchev–Trinajstić information content (AvgIpc) is 3.28. The van der Waals surface area contributed by atoms with Crippen molar-refractivity contribution >= 4 is 46.9 Å². The zero-order valence-corrected chi connectivity index (χ0v) is 24.9. The van der Waals surface area contributed by atoms with E-state index in [1.165, 1.54) is 32.4 Å². The normalized spacial score (nSPS) is 12.7. The first-order valence-corrected chi connectivity index (χ1v) is 13.8. The number of nitrogens with zero attached hydrogens (tertiary/aromatic N) is 1. The molecule has 1 aliphatic rings. The lowest BCUT2D eigenvalue weighted by Crippen LogP contribution is -2.49. The lowest BCUT2D eigenvalue weighted by molar-refractivity contribution is -0.152. The molecular weight excluding hydrogens is 586 g/mol. The number of anilines is 2. The number of esters is 2. The molecular formula is C32H31N3O10. The molecule has 0 unspecified atom stereocenters. The van der Waals surface area contributed by atoms with E-state index in [2.05, 4.69) is 10.6 Å². The van der Waals surface area contributed by atoms with Crippen LogP contribution in [0.3, 0.4) is 0 Å². The highest BCUT2D eigenvalue weighted by atomic mass is 16.5. The van der Waals surface area contributed by atoms with Crippen molar-refractivity contribution in [2.45, 2.75) is 19.9 Å². The van der Waals surface area contributed by atoms with Crippen LogP contribution in [0.15, 0.2) is 66.7 Å². The van der Waals surface area contributed by atoms with Crippen LogP contribution in [-0.4, -0.2) is 73.9 Å². The second-order valence-corrected chi connectivity index (χ2v) is 10.2. The fourth-order valence-corrected chi connectivity index (χ4v) is 4.49. The van der Waals surface area contributed by atoms with E-state index in [0.717, 1.165) is 4.90 Å². The van der Waals surface area contributed by atoms with E-state index in [0.29, 0.717) is 22.9 Å². The molecule has 2 N–H and O–H groups in total. The molecule has 1 heterocycles. The zero-order chi connectivity index (χ0) is 32.7. The lowest BCUT2D eigenvalue weighted by Gasteiger charge is -2.27. The van der Waals surface area contributed by atoms with E-state index in [1.807, 2.05) is 0 Å². The largest absolute Gasteiger partial charge is 0.497 e. The Balaban J connectivity index is 1.37. The molecule has 234 valence electrons. The number of nitrogens with one attached hydrogen (secondary N) is 2. The summed E-state index contributed by atoms with van der Waals surface area (Å²) in [6.07, 6.45) is 0. The molecule has 0 radical (unpaired) electrons. The molecule has 4 amide bonds. The molecule has 0 spiro atoms. The summed E-state index contributed by atoms with van der Waals surface area (Å²) in [7, 11) is 3.02. The molecule has 1 aliphatic heterocycles. The summed E-state index contributed by atoms with van der Waals surface area (Å²) in [5.74, 6) is -4.02. The summed E-state index contributed by atoms with van der Waals surface area (Å²) >= 11 is 0. The van der Waals surface area contributed by atoms with E-state index in [4.69, 9.17) is 18.9 Å². The van der Waals surface area contributed by atoms with Gasteiger partial charge in [0.05, 0.1) is 30.9 Å². The molecule has 1 atom stereocenters. The predicted octanol–water partition coefficient (Wildman–Crippen LogP) is 3.30. The van der Waals surface area contributed by atoms with Crippen LogP contribution in [0.25, 0.3) is 0 Å². The summed E-state index contributed by atoms with van der Waals surface area (Å²) < 4.78 is 20.4. The Morgan fingerprint density at radius 3 is 1.67 bits per heavy atom. The van der Waals surface area contributed by atoms with Crippen LogP contribution >= 0.6 is 0 Å². The van der Waals surface area contributed by atoms with Gasteiger partial charge in [-0.2, -0.15) is 0 Å². The van der Waals surface area contributed by atoms with Gasteiger partial charge in [-0.05, 0) is 72.6 Å². The second kappa shape index (κ2) is 14.2. The van der Waals surface area contributed by atoms with Crippen molar-refractivity contribution in [3.63, 3.8) is 0 Å². The molecule has 13 heteroatoms. The Bertz CT molecular complexity index is 1620. The molecule has 13 nitrogen and oxygen atoms in total. The third kappa shape index (κ3) is 7.63. The molecule has 4 rings (SSSR count). The SMILES string of the molecule is COc1ccc(NC(=O)COC(=O)c2ccc3c(c2)C(=O)N([C@H](C(=O)OCC(=O)Nc2ccc(OC)cc2)C(C)C)C3=O)cc1. The third-order valence-corrected chi connectivity index (χ3v) is 6.73. The molecule has 0 saturated heterocycles. The van der Waals surface area contributed by atoms with Gasteiger partial charge < -0.3 is 29.6 Å². The van der Waals surface area contributed by atoms with Crippen LogP contribution in [0.4, 0.5) is 11.4 Å². The first kappa shape index (κ1) is 32.2. The van der Waals surface area contributed by atoms with Crippen LogP contribution in [0.1, 0.15) is 44.9 Å². The first-order chi connectivity index (χ1) is 21.5. The van der Waals surface area contributed by atoms with Crippen molar-refractivity contribution in [2.24, 2.45) is 5.92 Å². The van der Waals surface area contributed by atoms with Crippen molar-refractivity contribution in [3.05, 3.63) is 83.4 Å². The number of fused-ring (bicyclic) bond motifs is 1. The number of methoxy groups -OCH3 is 2. The minimum atomic E-state index is -1.34. The number of carbonyl (C=O) groups excluding carboxylic acids is 6. The number of rotatable bonds is 12. The Hall–Kier alpha value is -5.72. The quantitative estimate of drug-likeness (QED) is 0.227. The van der Waals surface area contributed by atoms with Crippen LogP contribution < -0.4 is 20.1 Å². The van der Waals surface area contributed by atoms with Gasteiger partial charge in [-0.3, -0.25) is 24.1 Å². The highest BCUT2D eigenvalue weighted by Crippen LogP contribution is 2.29. The van der Waals surface area contributed by atoms with E-state index in [9.17, 15) is 28.8 Å². The second-order valence-electron chi connectivity index (χ2n) is 10.2. The summed E-state index contributed by atoms with van der Waals surface area (Å²) in [6.45, 7) is 1.98. The fourth-order valence-electron chi connectivity index (χ4n) is 4.49. The number of carbonyl (C=O) groups is 6. The highest BCUT2D eigenvalue weighted by Gasteiger charge is 2.45. The van der Waals surface area contributed by atoms with Crippen molar-refractivity contribution in [3.8, 4) is 11.5 Å². The van der Waals surface area contributed by atoms with Gasteiger partial charge in [-0.1, -0.05) is 13.8 Å². The number of ether oxygens (including phenoxy) is 4. The topological polar surface area (TPSA) is 167 Å². The Morgan fingerprint density at radius 1 is 0.689 bits per heavy atom. The van der Waals surface area contributed by atoms with Gasteiger partial charge in [0.25, 0.3) is 23.6 Å². The van der Waals surface area contributed by atoms with Crippen LogP contribution in [0.2, 0.25) is 0 Å². The molecule has 3 aromatic carbocycles. The minimum absolute atomic E-state index is 0.0236. The first-order valence-electron chi connectivity index (χ1n) is 13.8. The van der Waals surface area contributed by atoms with Crippen molar-refractivity contribution in [2.75, 3.05) is 38.1 Å². The van der Waals surface area contributed by atoms with Gasteiger partial charge in [0.2, 0.25) is 0 Å². The van der Waals surface area contributed by atoms with Gasteiger partial charge in [0, 0.05) is 11.4 Å². The van der Waals surface area contributed by atoms with Gasteiger partial charge >= 0.3 is 11.9 Å². The lowest BCUT2D eigenvalue weighted by atomic mass is 10.0. The molecule has 0 aromatic heterocycles. The zero-order valence-electron chi connectivity index (χ0n) is 24.9. The van der Waals surface area contributed by atoms with E-state index >= 15 is 0 Å². The van der Waals surface area contributed by atoms with Crippen molar-refractivity contribution < 1.29 is 47.7 Å². The highest BCUT2D eigenvalue weighted by molar-refractivity contribution is 6.23. The number of hydrogen-bond acceptors (Lipinski definition) is 10. The van der Waals surface area contributed by atoms with E-state index in [1.54, 1.807) is 62.4 Å². The van der Waals surface area contributed by atoms with Gasteiger partial charge in [-0.15, -0.1) is 0 Å². The summed E-state index contributed by atoms with van der Waals surface area (Å²) in [5, 5.41) is 5.15. The number of amides is 4. The number of hydrogen-bond donors (Lipinski definition) is 2. The minimum Gasteiger partial charge on any atom is -0.497 e. The molecule has 45 heavy (non-hydrogen) atoms. The molecule has 3 aromatic rings. The standard InChI is InChI=1S/C32H31N3O10/c1-18(2)28(32(41)45-17-27(37)34-21-8-12-23(43-4)13-9-21)35-29(38)24-14-5-19(15-25(24)30(35)39)31(40)44-16-26(36)33-20-6-10-22(42-3)11-7-20/h5-15,18,28H,16-17H2,1-4H3,(H,33,36)(H,34,37)/t28-/m0/s1. The molecule has 0 aliphatic carbocycles. The smallest absolute Gasteiger partial charge is 0.338 e. The molecule has 0 fully saturated rings. The molecule has 0 bridgehead atoms. The maximum atomic E-state index is 13.4. The van der Waals surface area contributed by atoms with Gasteiger partial charge in [0.1, 0.15) is 17.5 Å². The van der Waals surface area contributed by atoms with Gasteiger partial charge in [-0.25, -0.2) is 9.59 Å². The van der Waals surface area contributed by atoms with Crippen LogP contribution in [0, 0.1) is 5.92 Å². The average molecular weight is 618 g/mol. The van der Waals surface area contributed by atoms with E-state index in [-0.39, 0.29) is 16.7 Å². The number of imide groups is 1. The third-order valence-electron chi connectivity index (χ3n) is 6.73. The summed E-state index contributed by atoms with van der Waals surface area (Å²) in [5.41, 5.74) is 0.699. The van der Waals surface area contributed by atoms with Crippen molar-refractivity contribution in [1.29, 1.82) is 0 Å². The summed E-state index contributed by atoms with van der Waals surface area (Å²) in [4.78, 5) is 77.7. The van der Waals surface area contributed by atoms with Crippen LogP contribution in [-0.2, 0) is 23.9 Å². The Kier molecular flexibility index (Phi) is 10.1. The van der Waals surface area contributed by atoms with Gasteiger partial charge in [0.15, 0.2) is 13.2 Å². The monoisotopic (exact) mass is 617 g/mol. The maximum absolute atomic E-state index is 13.4. The van der Waals surface area contributed by atoms with E-state index < -0.39 is 60.7 Å². The number of benzene rings is 3. The van der Waals surface area contributed by atoms with Crippen LogP contribution in [0.5, 0.6) is 11.5 Å². The predicted molar refractivity (Wildman–Crippen MR) is 160 cm³/mol.